The van der Waals surface area contributed by atoms with Crippen LogP contribution in [0.1, 0.15) is 11.1 Å². The maximum atomic E-state index is 12.3. The van der Waals surface area contributed by atoms with Crippen LogP contribution < -0.4 is 5.73 Å². The first kappa shape index (κ1) is 15.6. The van der Waals surface area contributed by atoms with Crippen molar-refractivity contribution in [2.24, 2.45) is 5.73 Å². The summed E-state index contributed by atoms with van der Waals surface area (Å²) in [6.07, 6.45) is 0. The second kappa shape index (κ2) is 6.61. The molecule has 0 saturated heterocycles. The van der Waals surface area contributed by atoms with Gasteiger partial charge in [-0.3, -0.25) is 0 Å². The summed E-state index contributed by atoms with van der Waals surface area (Å²) in [5.74, 6) is 2.07. The zero-order chi connectivity index (χ0) is 14.5. The molecule has 0 fully saturated rings. The molecule has 0 spiro atoms. The van der Waals surface area contributed by atoms with Gasteiger partial charge in [-0.1, -0.05) is 24.0 Å². The van der Waals surface area contributed by atoms with Crippen molar-refractivity contribution in [3.63, 3.8) is 0 Å². The van der Waals surface area contributed by atoms with Gasteiger partial charge in [0.25, 0.3) is 10.0 Å². The van der Waals surface area contributed by atoms with E-state index in [2.05, 4.69) is 11.8 Å². The van der Waals surface area contributed by atoms with Crippen LogP contribution >= 0.6 is 0 Å². The summed E-state index contributed by atoms with van der Waals surface area (Å²) in [7, 11) is -3.43. The lowest BCUT2D eigenvalue weighted by Gasteiger charge is -2.16. The minimum absolute atomic E-state index is 0.114. The van der Waals surface area contributed by atoms with E-state index in [0.717, 1.165) is 12.6 Å². The Hall–Kier alpha value is -1.49. The number of sulfonamides is 1. The van der Waals surface area contributed by atoms with Crippen LogP contribution in [0.25, 0.3) is 0 Å². The summed E-state index contributed by atoms with van der Waals surface area (Å²) in [5, 5.41) is 0. The summed E-state index contributed by atoms with van der Waals surface area (Å²) < 4.78 is 47.6. The van der Waals surface area contributed by atoms with E-state index in [1.807, 2.05) is 0 Å². The van der Waals surface area contributed by atoms with Crippen molar-refractivity contribution >= 4 is 10.0 Å². The fraction of sp³-hybridized carbons (Fsp3) is 0.333. The van der Waals surface area contributed by atoms with Gasteiger partial charge in [-0.25, -0.2) is 8.42 Å². The molecule has 1 rings (SSSR count). The SMILES string of the molecule is CN(Cc1ccc(C#CCN)cc1)S(=O)(=O)C(F)F. The first-order valence-corrected chi connectivity index (χ1v) is 6.89. The van der Waals surface area contributed by atoms with Crippen LogP contribution in [0, 0.1) is 11.8 Å². The van der Waals surface area contributed by atoms with E-state index < -0.39 is 15.8 Å². The van der Waals surface area contributed by atoms with Crippen molar-refractivity contribution in [3.8, 4) is 11.8 Å². The fourth-order valence-corrected chi connectivity index (χ4v) is 1.93. The van der Waals surface area contributed by atoms with E-state index in [9.17, 15) is 17.2 Å². The van der Waals surface area contributed by atoms with Crippen molar-refractivity contribution in [3.05, 3.63) is 35.4 Å². The summed E-state index contributed by atoms with van der Waals surface area (Å²) in [5.41, 5.74) is 6.56. The van der Waals surface area contributed by atoms with E-state index in [0.29, 0.717) is 9.87 Å². The number of halogens is 2. The van der Waals surface area contributed by atoms with E-state index in [1.165, 1.54) is 0 Å². The number of nitrogens with zero attached hydrogens (tertiary/aromatic N) is 1. The van der Waals surface area contributed by atoms with Gasteiger partial charge in [0, 0.05) is 19.2 Å². The monoisotopic (exact) mass is 288 g/mol. The van der Waals surface area contributed by atoms with Gasteiger partial charge in [-0.15, -0.1) is 0 Å². The van der Waals surface area contributed by atoms with Crippen LogP contribution in [0.2, 0.25) is 0 Å². The molecule has 1 aromatic carbocycles. The molecule has 0 saturated carbocycles. The Morgan fingerprint density at radius 2 is 1.89 bits per heavy atom. The third-order valence-electron chi connectivity index (χ3n) is 2.35. The average Bonchev–Trinajstić information content (AvgIpc) is 2.37. The molecule has 0 aliphatic carbocycles. The van der Waals surface area contributed by atoms with Crippen molar-refractivity contribution in [2.75, 3.05) is 13.6 Å². The van der Waals surface area contributed by atoms with Gasteiger partial charge in [0.1, 0.15) is 0 Å². The molecular formula is C12H14F2N2O2S. The molecule has 0 radical (unpaired) electrons. The summed E-state index contributed by atoms with van der Waals surface area (Å²) >= 11 is 0. The Morgan fingerprint density at radius 1 is 1.32 bits per heavy atom. The second-order valence-electron chi connectivity index (χ2n) is 3.76. The lowest BCUT2D eigenvalue weighted by Crippen LogP contribution is -2.31. The van der Waals surface area contributed by atoms with E-state index >= 15 is 0 Å². The largest absolute Gasteiger partial charge is 0.350 e. The molecule has 0 aromatic heterocycles. The second-order valence-corrected chi connectivity index (χ2v) is 5.77. The summed E-state index contributed by atoms with van der Waals surface area (Å²) in [6, 6.07) is 6.64. The van der Waals surface area contributed by atoms with E-state index in [1.54, 1.807) is 24.3 Å². The number of alkyl halides is 2. The Morgan fingerprint density at radius 3 is 2.37 bits per heavy atom. The molecule has 0 aliphatic rings. The van der Waals surface area contributed by atoms with Crippen LogP contribution in [-0.4, -0.2) is 32.1 Å². The van der Waals surface area contributed by atoms with Crippen molar-refractivity contribution in [1.29, 1.82) is 0 Å². The molecule has 0 amide bonds. The normalized spacial score (nSPS) is 11.5. The maximum absolute atomic E-state index is 12.3. The van der Waals surface area contributed by atoms with Crippen LogP contribution in [0.5, 0.6) is 0 Å². The van der Waals surface area contributed by atoms with E-state index in [-0.39, 0.29) is 13.1 Å². The molecule has 4 nitrogen and oxygen atoms in total. The minimum atomic E-state index is -4.54. The molecule has 0 bridgehead atoms. The smallest absolute Gasteiger partial charge is 0.320 e. The molecule has 19 heavy (non-hydrogen) atoms. The first-order valence-electron chi connectivity index (χ1n) is 5.39. The fourth-order valence-electron chi connectivity index (χ4n) is 1.33. The molecule has 0 heterocycles. The number of hydrogen-bond acceptors (Lipinski definition) is 3. The van der Waals surface area contributed by atoms with Crippen molar-refractivity contribution in [2.45, 2.75) is 12.3 Å². The van der Waals surface area contributed by atoms with Crippen LogP contribution in [0.3, 0.4) is 0 Å². The molecule has 1 aromatic rings. The lowest BCUT2D eigenvalue weighted by atomic mass is 10.1. The molecule has 0 atom stereocenters. The Bertz CT molecular complexity index is 574. The molecule has 0 unspecified atom stereocenters. The predicted molar refractivity (Wildman–Crippen MR) is 68.8 cm³/mol. The Kier molecular flexibility index (Phi) is 5.42. The van der Waals surface area contributed by atoms with E-state index in [4.69, 9.17) is 5.73 Å². The third kappa shape index (κ3) is 4.28. The average molecular weight is 288 g/mol. The van der Waals surface area contributed by atoms with Crippen LogP contribution in [0.15, 0.2) is 24.3 Å². The Labute approximate surface area is 111 Å². The van der Waals surface area contributed by atoms with Crippen molar-refractivity contribution in [1.82, 2.24) is 4.31 Å². The third-order valence-corrected chi connectivity index (χ3v) is 3.80. The quantitative estimate of drug-likeness (QED) is 0.840. The highest BCUT2D eigenvalue weighted by Crippen LogP contribution is 2.14. The zero-order valence-electron chi connectivity index (χ0n) is 10.3. The standard InChI is InChI=1S/C12H14F2N2O2S/c1-16(19(17,18)12(13)14)9-11-6-4-10(5-7-11)3-2-8-15/h4-7,12H,8-9,15H2,1H3. The van der Waals surface area contributed by atoms with Gasteiger partial charge < -0.3 is 5.73 Å². The van der Waals surface area contributed by atoms with Crippen LogP contribution in [-0.2, 0) is 16.6 Å². The minimum Gasteiger partial charge on any atom is -0.320 e. The molecule has 2 N–H and O–H groups in total. The number of benzene rings is 1. The maximum Gasteiger partial charge on any atom is 0.350 e. The van der Waals surface area contributed by atoms with Crippen molar-refractivity contribution < 1.29 is 17.2 Å². The molecule has 7 heteroatoms. The molecule has 0 aliphatic heterocycles. The van der Waals surface area contributed by atoms with Gasteiger partial charge in [-0.2, -0.15) is 13.1 Å². The predicted octanol–water partition coefficient (Wildman–Crippen LogP) is 0.981. The highest BCUT2D eigenvalue weighted by Gasteiger charge is 2.28. The summed E-state index contributed by atoms with van der Waals surface area (Å²) in [6.45, 7) is 0.133. The number of hydrogen-bond donors (Lipinski definition) is 1. The molecular weight excluding hydrogens is 274 g/mol. The highest BCUT2D eigenvalue weighted by molar-refractivity contribution is 7.89. The van der Waals surface area contributed by atoms with Gasteiger partial charge in [0.2, 0.25) is 0 Å². The first-order chi connectivity index (χ1) is 8.87. The van der Waals surface area contributed by atoms with Crippen LogP contribution in [0.4, 0.5) is 8.78 Å². The number of nitrogens with two attached hydrogens (primary N) is 1. The zero-order valence-corrected chi connectivity index (χ0v) is 11.1. The van der Waals surface area contributed by atoms with Gasteiger partial charge in [0.15, 0.2) is 0 Å². The lowest BCUT2D eigenvalue weighted by molar-refractivity contribution is 0.222. The van der Waals surface area contributed by atoms with Gasteiger partial charge >= 0.3 is 5.76 Å². The number of rotatable bonds is 4. The topological polar surface area (TPSA) is 63.4 Å². The summed E-state index contributed by atoms with van der Waals surface area (Å²) in [4.78, 5) is 0. The van der Waals surface area contributed by atoms with Gasteiger partial charge in [-0.05, 0) is 17.7 Å². The molecule has 104 valence electrons. The van der Waals surface area contributed by atoms with Gasteiger partial charge in [0.05, 0.1) is 6.54 Å². The Balaban J connectivity index is 2.79. The highest BCUT2D eigenvalue weighted by atomic mass is 32.2.